The first-order valence-corrected chi connectivity index (χ1v) is 9.80. The zero-order valence-corrected chi connectivity index (χ0v) is 16.7. The van der Waals surface area contributed by atoms with E-state index in [0.717, 1.165) is 17.9 Å². The highest BCUT2D eigenvalue weighted by Gasteiger charge is 2.49. The molecule has 154 valence electrons. The number of nitrogens with one attached hydrogen (secondary N) is 1. The van der Waals surface area contributed by atoms with E-state index in [4.69, 9.17) is 4.74 Å². The Morgan fingerprint density at radius 2 is 2.10 bits per heavy atom. The van der Waals surface area contributed by atoms with Crippen LogP contribution >= 0.6 is 0 Å². The Kier molecular flexibility index (Phi) is 5.48. The second-order valence-electron chi connectivity index (χ2n) is 7.66. The molecule has 3 atom stereocenters. The third kappa shape index (κ3) is 3.95. The first kappa shape index (κ1) is 19.4. The lowest BCUT2D eigenvalue weighted by molar-refractivity contribution is -0.140. The van der Waals surface area contributed by atoms with Crippen LogP contribution < -0.4 is 10.1 Å². The molecule has 0 spiro atoms. The van der Waals surface area contributed by atoms with Crippen molar-refractivity contribution in [1.82, 2.24) is 29.9 Å². The molecule has 0 radical (unpaired) electrons. The van der Waals surface area contributed by atoms with Gasteiger partial charge in [-0.15, -0.1) is 0 Å². The quantitative estimate of drug-likeness (QED) is 0.753. The number of carbonyl (C=O) groups excluding carboxylic acids is 2. The van der Waals surface area contributed by atoms with Crippen molar-refractivity contribution in [2.75, 3.05) is 33.8 Å². The fraction of sp³-hybridized carbons (Fsp3) is 0.500. The number of ether oxygens (including phenoxy) is 1. The predicted octanol–water partition coefficient (Wildman–Crippen LogP) is 0.307. The summed E-state index contributed by atoms with van der Waals surface area (Å²) in [5.41, 5.74) is 0.961. The summed E-state index contributed by atoms with van der Waals surface area (Å²) in [5.74, 6) is 0.500. The third-order valence-corrected chi connectivity index (χ3v) is 5.72. The Hall–Kier alpha value is -2.94. The topological polar surface area (TPSA) is 92.6 Å². The standard InChI is InChI=1S/C20H26N6O3/c1-24-10-15-9-17(20(28)22-7-8-25-13-21-12-23-25)19(26(15)18(27)11-24)14-3-5-16(29-2)6-4-14/h3-6,12-13,15,17,19H,7-11H2,1-2H3,(H,22,28)/t15-,17?,19?/m1/s1. The minimum absolute atomic E-state index is 0.0317. The van der Waals surface area contributed by atoms with Gasteiger partial charge in [0.05, 0.1) is 32.2 Å². The number of nitrogens with zero attached hydrogens (tertiary/aromatic N) is 5. The molecule has 1 aromatic heterocycles. The Labute approximate surface area is 169 Å². The van der Waals surface area contributed by atoms with Crippen molar-refractivity contribution < 1.29 is 14.3 Å². The molecular formula is C20H26N6O3. The summed E-state index contributed by atoms with van der Waals surface area (Å²) < 4.78 is 6.93. The molecule has 2 aromatic rings. The molecule has 2 aliphatic heterocycles. The minimum atomic E-state index is -0.292. The van der Waals surface area contributed by atoms with Crippen LogP contribution in [0, 0.1) is 5.92 Å². The van der Waals surface area contributed by atoms with Gasteiger partial charge >= 0.3 is 0 Å². The van der Waals surface area contributed by atoms with Gasteiger partial charge in [0.25, 0.3) is 0 Å². The number of likely N-dealkylation sites (N-methyl/N-ethyl adjacent to an activating group) is 1. The number of amides is 2. The molecule has 2 amide bonds. The largest absolute Gasteiger partial charge is 0.497 e. The van der Waals surface area contributed by atoms with Crippen LogP contribution in [-0.2, 0) is 16.1 Å². The van der Waals surface area contributed by atoms with Crippen molar-refractivity contribution in [2.45, 2.75) is 25.0 Å². The monoisotopic (exact) mass is 398 g/mol. The van der Waals surface area contributed by atoms with Crippen LogP contribution in [0.4, 0.5) is 0 Å². The minimum Gasteiger partial charge on any atom is -0.497 e. The second-order valence-corrected chi connectivity index (χ2v) is 7.66. The van der Waals surface area contributed by atoms with Gasteiger partial charge in [-0.05, 0) is 31.2 Å². The fourth-order valence-corrected chi connectivity index (χ4v) is 4.43. The Balaban J connectivity index is 1.54. The zero-order chi connectivity index (χ0) is 20.4. The van der Waals surface area contributed by atoms with E-state index in [1.165, 1.54) is 6.33 Å². The average Bonchev–Trinajstić information content (AvgIpc) is 3.35. The molecule has 2 fully saturated rings. The molecule has 2 aliphatic rings. The number of hydrogen-bond acceptors (Lipinski definition) is 6. The van der Waals surface area contributed by atoms with Crippen LogP contribution in [0.3, 0.4) is 0 Å². The summed E-state index contributed by atoms with van der Waals surface area (Å²) in [4.78, 5) is 33.8. The highest BCUT2D eigenvalue weighted by Crippen LogP contribution is 2.43. The molecule has 9 heteroatoms. The molecule has 0 aliphatic carbocycles. The highest BCUT2D eigenvalue weighted by atomic mass is 16.5. The summed E-state index contributed by atoms with van der Waals surface area (Å²) in [6.07, 6.45) is 3.75. The second kappa shape index (κ2) is 8.20. The van der Waals surface area contributed by atoms with E-state index < -0.39 is 0 Å². The molecule has 3 heterocycles. The van der Waals surface area contributed by atoms with Crippen molar-refractivity contribution in [1.29, 1.82) is 0 Å². The lowest BCUT2D eigenvalue weighted by Gasteiger charge is -2.38. The SMILES string of the molecule is COc1ccc(C2C(C(=O)NCCn3cncn3)C[C@@H]3CN(C)CC(=O)N23)cc1. The summed E-state index contributed by atoms with van der Waals surface area (Å²) in [5, 5.41) is 7.07. The maximum Gasteiger partial charge on any atom is 0.237 e. The van der Waals surface area contributed by atoms with Gasteiger partial charge < -0.3 is 15.0 Å². The van der Waals surface area contributed by atoms with Gasteiger partial charge in [0.15, 0.2) is 0 Å². The molecule has 2 unspecified atom stereocenters. The molecular weight excluding hydrogens is 372 g/mol. The van der Waals surface area contributed by atoms with Gasteiger partial charge in [-0.3, -0.25) is 19.2 Å². The van der Waals surface area contributed by atoms with Crippen molar-refractivity contribution in [2.24, 2.45) is 5.92 Å². The zero-order valence-electron chi connectivity index (χ0n) is 16.7. The van der Waals surface area contributed by atoms with E-state index in [1.54, 1.807) is 18.1 Å². The van der Waals surface area contributed by atoms with Crippen LogP contribution in [0.2, 0.25) is 0 Å². The molecule has 0 bridgehead atoms. The van der Waals surface area contributed by atoms with E-state index >= 15 is 0 Å². The summed E-state index contributed by atoms with van der Waals surface area (Å²) >= 11 is 0. The number of aromatic nitrogens is 3. The average molecular weight is 398 g/mol. The van der Waals surface area contributed by atoms with Crippen LogP contribution in [0.5, 0.6) is 5.75 Å². The first-order valence-electron chi connectivity index (χ1n) is 9.80. The van der Waals surface area contributed by atoms with Crippen molar-refractivity contribution in [3.8, 4) is 5.75 Å². The summed E-state index contributed by atoms with van der Waals surface area (Å²) in [7, 11) is 3.57. The van der Waals surface area contributed by atoms with Gasteiger partial charge in [0, 0.05) is 19.1 Å². The normalized spacial score (nSPS) is 24.4. The van der Waals surface area contributed by atoms with E-state index in [1.807, 2.05) is 41.1 Å². The number of methoxy groups -OCH3 is 1. The van der Waals surface area contributed by atoms with Crippen LogP contribution in [0.1, 0.15) is 18.0 Å². The van der Waals surface area contributed by atoms with Crippen molar-refractivity contribution >= 4 is 11.8 Å². The molecule has 9 nitrogen and oxygen atoms in total. The van der Waals surface area contributed by atoms with Crippen LogP contribution in [0.15, 0.2) is 36.9 Å². The Bertz CT molecular complexity index is 854. The van der Waals surface area contributed by atoms with E-state index in [-0.39, 0.29) is 29.8 Å². The maximum atomic E-state index is 13.1. The van der Waals surface area contributed by atoms with E-state index in [2.05, 4.69) is 15.4 Å². The van der Waals surface area contributed by atoms with Gasteiger partial charge in [0.1, 0.15) is 18.4 Å². The van der Waals surface area contributed by atoms with E-state index in [0.29, 0.717) is 26.1 Å². The molecule has 2 saturated heterocycles. The maximum absolute atomic E-state index is 13.1. The highest BCUT2D eigenvalue weighted by molar-refractivity contribution is 5.85. The molecule has 1 N–H and O–H groups in total. The van der Waals surface area contributed by atoms with E-state index in [9.17, 15) is 9.59 Å². The molecule has 29 heavy (non-hydrogen) atoms. The number of rotatable bonds is 6. The smallest absolute Gasteiger partial charge is 0.237 e. The fourth-order valence-electron chi connectivity index (χ4n) is 4.43. The molecule has 0 saturated carbocycles. The lowest BCUT2D eigenvalue weighted by Crippen LogP contribution is -2.53. The first-order chi connectivity index (χ1) is 14.1. The number of fused-ring (bicyclic) bond motifs is 1. The predicted molar refractivity (Wildman–Crippen MR) is 105 cm³/mol. The number of carbonyl (C=O) groups is 2. The summed E-state index contributed by atoms with van der Waals surface area (Å²) in [6, 6.07) is 7.43. The van der Waals surface area contributed by atoms with Gasteiger partial charge in [-0.25, -0.2) is 4.98 Å². The van der Waals surface area contributed by atoms with Crippen molar-refractivity contribution in [3.63, 3.8) is 0 Å². The molecule has 4 rings (SSSR count). The lowest BCUT2D eigenvalue weighted by atomic mass is 9.92. The Morgan fingerprint density at radius 3 is 2.79 bits per heavy atom. The van der Waals surface area contributed by atoms with Gasteiger partial charge in [0.2, 0.25) is 11.8 Å². The Morgan fingerprint density at radius 1 is 1.31 bits per heavy atom. The van der Waals surface area contributed by atoms with Gasteiger partial charge in [-0.2, -0.15) is 5.10 Å². The number of piperazine rings is 1. The van der Waals surface area contributed by atoms with Crippen LogP contribution in [0.25, 0.3) is 0 Å². The van der Waals surface area contributed by atoms with Gasteiger partial charge in [-0.1, -0.05) is 12.1 Å². The van der Waals surface area contributed by atoms with Crippen molar-refractivity contribution in [3.05, 3.63) is 42.5 Å². The number of hydrogen-bond donors (Lipinski definition) is 1. The number of benzene rings is 1. The third-order valence-electron chi connectivity index (χ3n) is 5.72. The van der Waals surface area contributed by atoms with Crippen LogP contribution in [-0.4, -0.2) is 76.2 Å². The molecule has 1 aromatic carbocycles. The summed E-state index contributed by atoms with van der Waals surface area (Å²) in [6.45, 7) is 2.18.